The topological polar surface area (TPSA) is 0 Å². The van der Waals surface area contributed by atoms with E-state index in [-0.39, 0.29) is 12.3 Å². The van der Waals surface area contributed by atoms with Crippen LogP contribution in [-0.4, -0.2) is 10.7 Å². The van der Waals surface area contributed by atoms with E-state index in [1.54, 1.807) is 0 Å². The van der Waals surface area contributed by atoms with E-state index < -0.39 is 5.92 Å². The summed E-state index contributed by atoms with van der Waals surface area (Å²) in [7, 11) is 0. The van der Waals surface area contributed by atoms with E-state index in [0.29, 0.717) is 10.7 Å². The molecule has 0 heterocycles. The van der Waals surface area contributed by atoms with Crippen molar-refractivity contribution < 1.29 is 8.78 Å². The van der Waals surface area contributed by atoms with E-state index in [1.165, 1.54) is 6.42 Å². The predicted octanol–water partition coefficient (Wildman–Crippen LogP) is 4.38. The third kappa shape index (κ3) is 2.29. The minimum absolute atomic E-state index is 0.127. The Labute approximate surface area is 92.6 Å². The Morgan fingerprint density at radius 2 is 2.00 bits per heavy atom. The van der Waals surface area contributed by atoms with Crippen LogP contribution < -0.4 is 0 Å². The van der Waals surface area contributed by atoms with E-state index in [0.717, 1.165) is 32.1 Å². The lowest BCUT2D eigenvalue weighted by Crippen LogP contribution is -2.23. The maximum Gasteiger partial charge on any atom is 0.250 e. The summed E-state index contributed by atoms with van der Waals surface area (Å²) in [5, 5.41) is 0. The summed E-state index contributed by atoms with van der Waals surface area (Å²) in [5.41, 5.74) is 0. The molecular weight excluding hydrogens is 250 g/mol. The van der Waals surface area contributed by atoms with Crippen molar-refractivity contribution in [1.82, 2.24) is 0 Å². The van der Waals surface area contributed by atoms with Crippen LogP contribution in [0.2, 0.25) is 0 Å². The number of hydrogen-bond donors (Lipinski definition) is 0. The van der Waals surface area contributed by atoms with Gasteiger partial charge in [-0.15, -0.1) is 0 Å². The predicted molar refractivity (Wildman–Crippen MR) is 57.0 cm³/mol. The van der Waals surface area contributed by atoms with Crippen molar-refractivity contribution in [3.8, 4) is 0 Å². The Morgan fingerprint density at radius 3 is 2.50 bits per heavy atom. The van der Waals surface area contributed by atoms with Gasteiger partial charge in [0, 0.05) is 17.2 Å². The molecule has 0 aromatic heterocycles. The molecule has 0 aliphatic heterocycles. The summed E-state index contributed by atoms with van der Waals surface area (Å²) in [6.07, 6.45) is 5.77. The molecule has 82 valence electrons. The van der Waals surface area contributed by atoms with Gasteiger partial charge in [-0.05, 0) is 44.4 Å². The van der Waals surface area contributed by atoms with Crippen LogP contribution in [0.4, 0.5) is 8.78 Å². The van der Waals surface area contributed by atoms with Gasteiger partial charge in [0.05, 0.1) is 0 Å². The first kappa shape index (κ1) is 10.8. The molecule has 0 spiro atoms. The molecule has 2 fully saturated rings. The van der Waals surface area contributed by atoms with E-state index in [2.05, 4.69) is 15.9 Å². The van der Waals surface area contributed by atoms with Crippen molar-refractivity contribution in [1.29, 1.82) is 0 Å². The van der Waals surface area contributed by atoms with Crippen LogP contribution in [0.5, 0.6) is 0 Å². The fourth-order valence-corrected chi connectivity index (χ4v) is 3.71. The first-order chi connectivity index (χ1) is 6.58. The average molecular weight is 267 g/mol. The third-order valence-corrected chi connectivity index (χ3v) is 4.59. The molecular formula is C11H17BrF2. The van der Waals surface area contributed by atoms with E-state index >= 15 is 0 Å². The number of halogens is 3. The molecule has 3 atom stereocenters. The van der Waals surface area contributed by atoms with Crippen LogP contribution in [0.3, 0.4) is 0 Å². The van der Waals surface area contributed by atoms with Crippen molar-refractivity contribution in [3.05, 3.63) is 0 Å². The van der Waals surface area contributed by atoms with Crippen LogP contribution in [0, 0.1) is 11.8 Å². The summed E-state index contributed by atoms with van der Waals surface area (Å²) < 4.78 is 26.7. The second-order valence-corrected chi connectivity index (χ2v) is 6.16. The van der Waals surface area contributed by atoms with Crippen molar-refractivity contribution in [2.24, 2.45) is 11.8 Å². The molecule has 0 saturated heterocycles. The zero-order valence-electron chi connectivity index (χ0n) is 8.32. The molecule has 0 nitrogen and oxygen atoms in total. The smallest absolute Gasteiger partial charge is 0.207 e. The van der Waals surface area contributed by atoms with Gasteiger partial charge in [0.15, 0.2) is 0 Å². The molecule has 2 saturated carbocycles. The highest BCUT2D eigenvalue weighted by molar-refractivity contribution is 9.09. The maximum absolute atomic E-state index is 13.3. The lowest BCUT2D eigenvalue weighted by atomic mass is 9.90. The first-order valence-electron chi connectivity index (χ1n) is 5.60. The lowest BCUT2D eigenvalue weighted by molar-refractivity contribution is -0.0442. The molecule has 3 unspecified atom stereocenters. The SMILES string of the molecule is FC1(F)CCCC1CC1CCC(Br)C1. The lowest BCUT2D eigenvalue weighted by Gasteiger charge is -2.21. The Morgan fingerprint density at radius 1 is 1.21 bits per heavy atom. The molecule has 0 radical (unpaired) electrons. The molecule has 0 bridgehead atoms. The van der Waals surface area contributed by atoms with Crippen molar-refractivity contribution >= 4 is 15.9 Å². The van der Waals surface area contributed by atoms with Gasteiger partial charge in [0.2, 0.25) is 0 Å². The minimum Gasteiger partial charge on any atom is -0.207 e. The zero-order valence-corrected chi connectivity index (χ0v) is 9.90. The van der Waals surface area contributed by atoms with Gasteiger partial charge in [-0.1, -0.05) is 15.9 Å². The quantitative estimate of drug-likeness (QED) is 0.651. The van der Waals surface area contributed by atoms with Gasteiger partial charge < -0.3 is 0 Å². The van der Waals surface area contributed by atoms with Crippen molar-refractivity contribution in [2.75, 3.05) is 0 Å². The van der Waals surface area contributed by atoms with Crippen LogP contribution >= 0.6 is 15.9 Å². The summed E-state index contributed by atoms with van der Waals surface area (Å²) >= 11 is 3.57. The fourth-order valence-electron chi connectivity index (χ4n) is 2.92. The molecule has 2 aliphatic rings. The summed E-state index contributed by atoms with van der Waals surface area (Å²) in [5.74, 6) is -2.12. The monoisotopic (exact) mass is 266 g/mol. The Hall–Kier alpha value is 0.340. The van der Waals surface area contributed by atoms with E-state index in [1.807, 2.05) is 0 Å². The van der Waals surface area contributed by atoms with Crippen molar-refractivity contribution in [3.63, 3.8) is 0 Å². The van der Waals surface area contributed by atoms with Crippen LogP contribution in [0.25, 0.3) is 0 Å². The highest BCUT2D eigenvalue weighted by Crippen LogP contribution is 2.46. The van der Waals surface area contributed by atoms with Gasteiger partial charge in [0.25, 0.3) is 5.92 Å². The molecule has 0 amide bonds. The second kappa shape index (κ2) is 4.07. The third-order valence-electron chi connectivity index (χ3n) is 3.76. The van der Waals surface area contributed by atoms with E-state index in [4.69, 9.17) is 0 Å². The first-order valence-corrected chi connectivity index (χ1v) is 6.51. The molecule has 14 heavy (non-hydrogen) atoms. The van der Waals surface area contributed by atoms with Gasteiger partial charge in [-0.25, -0.2) is 8.78 Å². The van der Waals surface area contributed by atoms with Crippen molar-refractivity contribution in [2.45, 2.75) is 55.7 Å². The largest absolute Gasteiger partial charge is 0.250 e. The standard InChI is InChI=1S/C11H17BrF2/c12-10-4-3-8(7-10)6-9-2-1-5-11(9,13)14/h8-10H,1-7H2. The second-order valence-electron chi connectivity index (χ2n) is 4.86. The van der Waals surface area contributed by atoms with Crippen LogP contribution in [-0.2, 0) is 0 Å². The maximum atomic E-state index is 13.3. The minimum atomic E-state index is -2.36. The normalized spacial score (nSPS) is 41.8. The fraction of sp³-hybridized carbons (Fsp3) is 1.00. The Kier molecular flexibility index (Phi) is 3.15. The highest BCUT2D eigenvalue weighted by atomic mass is 79.9. The van der Waals surface area contributed by atoms with Crippen LogP contribution in [0.1, 0.15) is 44.9 Å². The summed E-state index contributed by atoms with van der Waals surface area (Å²) in [6.45, 7) is 0. The number of alkyl halides is 3. The molecule has 0 N–H and O–H groups in total. The van der Waals surface area contributed by atoms with E-state index in [9.17, 15) is 8.78 Å². The molecule has 0 aromatic rings. The van der Waals surface area contributed by atoms with Gasteiger partial charge in [0.1, 0.15) is 0 Å². The van der Waals surface area contributed by atoms with Crippen LogP contribution in [0.15, 0.2) is 0 Å². The van der Waals surface area contributed by atoms with Gasteiger partial charge in [-0.3, -0.25) is 0 Å². The average Bonchev–Trinajstić information content (AvgIpc) is 2.61. The van der Waals surface area contributed by atoms with Gasteiger partial charge in [-0.2, -0.15) is 0 Å². The van der Waals surface area contributed by atoms with Gasteiger partial charge >= 0.3 is 0 Å². The molecule has 2 rings (SSSR count). The zero-order chi connectivity index (χ0) is 10.2. The summed E-state index contributed by atoms with van der Waals surface area (Å²) in [4.78, 5) is 0.586. The Bertz CT molecular complexity index is 205. The molecule has 2 aliphatic carbocycles. The number of rotatable bonds is 2. The summed E-state index contributed by atoms with van der Waals surface area (Å²) in [6, 6.07) is 0. The Balaban J connectivity index is 1.85. The molecule has 3 heteroatoms. The molecule has 0 aromatic carbocycles. The highest BCUT2D eigenvalue weighted by Gasteiger charge is 2.44. The number of hydrogen-bond acceptors (Lipinski definition) is 0.